The summed E-state index contributed by atoms with van der Waals surface area (Å²) in [4.78, 5) is 16.5. The van der Waals surface area contributed by atoms with Crippen LogP contribution in [0, 0.1) is 0 Å². The molecule has 0 spiro atoms. The Bertz CT molecular complexity index is 822. The molecule has 10 heteroatoms. The summed E-state index contributed by atoms with van der Waals surface area (Å²) in [5.74, 6) is -0.442. The summed E-state index contributed by atoms with van der Waals surface area (Å²) in [6.07, 6.45) is -3.83. The fraction of sp³-hybridized carbons (Fsp3) is 0.529. The van der Waals surface area contributed by atoms with E-state index in [1.54, 1.807) is 0 Å². The van der Waals surface area contributed by atoms with Crippen molar-refractivity contribution in [3.63, 3.8) is 0 Å². The van der Waals surface area contributed by atoms with Crippen LogP contribution in [0.2, 0.25) is 0 Å². The molecule has 3 N–H and O–H groups in total. The molecule has 3 rings (SSSR count). The molecule has 0 saturated carbocycles. The molecule has 2 heterocycles. The summed E-state index contributed by atoms with van der Waals surface area (Å²) < 4.78 is 42.4. The lowest BCUT2D eigenvalue weighted by Crippen LogP contribution is -2.46. The smallest absolute Gasteiger partial charge is 0.406 e. The Morgan fingerprint density at radius 3 is 2.85 bits per heavy atom. The highest BCUT2D eigenvalue weighted by atomic mass is 19.4. The molecule has 1 aliphatic rings. The van der Waals surface area contributed by atoms with Gasteiger partial charge in [0, 0.05) is 18.5 Å². The maximum atomic E-state index is 12.4. The number of ketones is 1. The van der Waals surface area contributed by atoms with Gasteiger partial charge in [0.15, 0.2) is 5.78 Å². The van der Waals surface area contributed by atoms with Crippen LogP contribution >= 0.6 is 0 Å². The van der Waals surface area contributed by atoms with Crippen LogP contribution in [0.1, 0.15) is 25.1 Å². The number of aliphatic hydroxyl groups is 2. The minimum atomic E-state index is -4.82. The monoisotopic (exact) mass is 387 g/mol. The molecule has 1 fully saturated rings. The first kappa shape index (κ1) is 19.6. The number of hydrogen-bond donors (Lipinski definition) is 3. The molecular weight excluding hydrogens is 367 g/mol. The standard InChI is InChI=1S/C17H20F3N3O4/c18-17(19,20)27-11-3-4-14-12(7-11)22-16(9-24)23(14)8-10(25)6-13-15(26)2-1-5-21-13/h3-4,7,13,15,21,24,26H,1-2,5-6,8-9H2/t13-,15+/m1/s1. The zero-order valence-electron chi connectivity index (χ0n) is 14.4. The van der Waals surface area contributed by atoms with Gasteiger partial charge in [-0.05, 0) is 31.5 Å². The number of halogens is 3. The van der Waals surface area contributed by atoms with Crippen LogP contribution in [0.3, 0.4) is 0 Å². The first-order chi connectivity index (χ1) is 12.8. The number of rotatable bonds is 6. The lowest BCUT2D eigenvalue weighted by atomic mass is 9.97. The lowest BCUT2D eigenvalue weighted by Gasteiger charge is -2.28. The summed E-state index contributed by atoms with van der Waals surface area (Å²) in [5, 5.41) is 22.6. The van der Waals surface area contributed by atoms with E-state index in [2.05, 4.69) is 15.0 Å². The third-order valence-corrected chi connectivity index (χ3v) is 4.50. The van der Waals surface area contributed by atoms with Crippen molar-refractivity contribution in [3.8, 4) is 5.75 Å². The number of piperidine rings is 1. The van der Waals surface area contributed by atoms with Crippen molar-refractivity contribution in [3.05, 3.63) is 24.0 Å². The Kier molecular flexibility index (Phi) is 5.68. The van der Waals surface area contributed by atoms with Gasteiger partial charge in [-0.3, -0.25) is 4.79 Å². The molecule has 0 bridgehead atoms. The molecule has 2 aromatic rings. The molecule has 2 atom stereocenters. The average Bonchev–Trinajstić information content (AvgIpc) is 2.92. The molecule has 1 saturated heterocycles. The van der Waals surface area contributed by atoms with Gasteiger partial charge in [0.05, 0.1) is 23.7 Å². The number of hydrogen-bond acceptors (Lipinski definition) is 6. The number of carbonyl (C=O) groups is 1. The maximum absolute atomic E-state index is 12.4. The number of benzene rings is 1. The molecule has 1 aliphatic heterocycles. The predicted molar refractivity (Wildman–Crippen MR) is 89.0 cm³/mol. The zero-order valence-corrected chi connectivity index (χ0v) is 14.4. The van der Waals surface area contributed by atoms with Crippen LogP contribution in [0.5, 0.6) is 5.75 Å². The molecule has 7 nitrogen and oxygen atoms in total. The molecule has 0 radical (unpaired) electrons. The number of ether oxygens (including phenoxy) is 1. The van der Waals surface area contributed by atoms with Crippen LogP contribution < -0.4 is 10.1 Å². The van der Waals surface area contributed by atoms with E-state index in [9.17, 15) is 28.2 Å². The first-order valence-electron chi connectivity index (χ1n) is 8.56. The van der Waals surface area contributed by atoms with Crippen molar-refractivity contribution in [2.75, 3.05) is 6.54 Å². The Hall–Kier alpha value is -2.17. The van der Waals surface area contributed by atoms with Gasteiger partial charge >= 0.3 is 6.36 Å². The number of fused-ring (bicyclic) bond motifs is 1. The summed E-state index contributed by atoms with van der Waals surface area (Å²) in [7, 11) is 0. The van der Waals surface area contributed by atoms with Crippen molar-refractivity contribution >= 4 is 16.8 Å². The Morgan fingerprint density at radius 1 is 1.41 bits per heavy atom. The number of aromatic nitrogens is 2. The van der Waals surface area contributed by atoms with Crippen LogP contribution in [-0.2, 0) is 17.9 Å². The second kappa shape index (κ2) is 7.83. The van der Waals surface area contributed by atoms with E-state index in [0.717, 1.165) is 25.1 Å². The molecule has 1 aromatic heterocycles. The van der Waals surface area contributed by atoms with Crippen molar-refractivity contribution in [1.29, 1.82) is 0 Å². The molecule has 0 amide bonds. The van der Waals surface area contributed by atoms with Crippen LogP contribution in [0.4, 0.5) is 13.2 Å². The largest absolute Gasteiger partial charge is 0.573 e. The normalized spacial score (nSPS) is 20.8. The second-order valence-corrected chi connectivity index (χ2v) is 6.48. The van der Waals surface area contributed by atoms with Gasteiger partial charge in [0.25, 0.3) is 0 Å². The van der Waals surface area contributed by atoms with E-state index < -0.39 is 24.8 Å². The van der Waals surface area contributed by atoms with Crippen LogP contribution in [-0.4, -0.2) is 50.6 Å². The predicted octanol–water partition coefficient (Wildman–Crippen LogP) is 1.50. The number of aliphatic hydroxyl groups excluding tert-OH is 2. The Labute approximate surface area is 152 Å². The van der Waals surface area contributed by atoms with Gasteiger partial charge in [-0.2, -0.15) is 0 Å². The van der Waals surface area contributed by atoms with Crippen LogP contribution in [0.15, 0.2) is 18.2 Å². The average molecular weight is 387 g/mol. The molecule has 148 valence electrons. The van der Waals surface area contributed by atoms with Gasteiger partial charge in [0.1, 0.15) is 18.2 Å². The first-order valence-corrected chi connectivity index (χ1v) is 8.56. The maximum Gasteiger partial charge on any atom is 0.573 e. The topological polar surface area (TPSA) is 96.6 Å². The third kappa shape index (κ3) is 4.76. The van der Waals surface area contributed by atoms with Crippen molar-refractivity contribution < 1.29 is 32.9 Å². The number of alkyl halides is 3. The van der Waals surface area contributed by atoms with Gasteiger partial charge in [-0.1, -0.05) is 0 Å². The Balaban J connectivity index is 1.79. The highest BCUT2D eigenvalue weighted by Gasteiger charge is 2.31. The van der Waals surface area contributed by atoms with Gasteiger partial charge in [-0.25, -0.2) is 4.98 Å². The number of nitrogens with one attached hydrogen (secondary N) is 1. The Morgan fingerprint density at radius 2 is 2.19 bits per heavy atom. The van der Waals surface area contributed by atoms with E-state index >= 15 is 0 Å². The molecule has 0 unspecified atom stereocenters. The zero-order chi connectivity index (χ0) is 19.6. The molecule has 1 aromatic carbocycles. The van der Waals surface area contributed by atoms with E-state index in [-0.39, 0.29) is 36.1 Å². The number of nitrogens with zero attached hydrogens (tertiary/aromatic N) is 2. The third-order valence-electron chi connectivity index (χ3n) is 4.50. The van der Waals surface area contributed by atoms with E-state index in [1.165, 1.54) is 10.6 Å². The fourth-order valence-electron chi connectivity index (χ4n) is 3.28. The quantitative estimate of drug-likeness (QED) is 0.695. The van der Waals surface area contributed by atoms with Gasteiger partial charge in [-0.15, -0.1) is 13.2 Å². The van der Waals surface area contributed by atoms with Gasteiger partial charge < -0.3 is 24.8 Å². The fourth-order valence-corrected chi connectivity index (χ4v) is 3.28. The molecule has 0 aliphatic carbocycles. The number of carbonyl (C=O) groups excluding carboxylic acids is 1. The van der Waals surface area contributed by atoms with Crippen molar-refractivity contribution in [1.82, 2.24) is 14.9 Å². The highest BCUT2D eigenvalue weighted by molar-refractivity contribution is 5.83. The number of imidazole rings is 1. The van der Waals surface area contributed by atoms with Gasteiger partial charge in [0.2, 0.25) is 0 Å². The molecular formula is C17H20F3N3O4. The van der Waals surface area contributed by atoms with Crippen LogP contribution in [0.25, 0.3) is 11.0 Å². The number of Topliss-reactive ketones (excluding diaryl/α,β-unsaturated/α-hetero) is 1. The van der Waals surface area contributed by atoms with E-state index in [1.807, 2.05) is 0 Å². The highest BCUT2D eigenvalue weighted by Crippen LogP contribution is 2.27. The van der Waals surface area contributed by atoms with Crippen molar-refractivity contribution in [2.24, 2.45) is 0 Å². The summed E-state index contributed by atoms with van der Waals surface area (Å²) in [6, 6.07) is 3.27. The summed E-state index contributed by atoms with van der Waals surface area (Å²) in [6.45, 7) is 0.158. The summed E-state index contributed by atoms with van der Waals surface area (Å²) >= 11 is 0. The minimum absolute atomic E-state index is 0.100. The molecule has 27 heavy (non-hydrogen) atoms. The summed E-state index contributed by atoms with van der Waals surface area (Å²) in [5.41, 5.74) is 0.600. The second-order valence-electron chi connectivity index (χ2n) is 6.48. The van der Waals surface area contributed by atoms with Crippen molar-refractivity contribution in [2.45, 2.75) is 50.9 Å². The SMILES string of the molecule is O=C(C[C@H]1NCCC[C@@H]1O)Cn1c(CO)nc2cc(OC(F)(F)F)ccc21. The minimum Gasteiger partial charge on any atom is -0.406 e. The van der Waals surface area contributed by atoms with E-state index in [0.29, 0.717) is 11.9 Å². The lowest BCUT2D eigenvalue weighted by molar-refractivity contribution is -0.274. The van der Waals surface area contributed by atoms with E-state index in [4.69, 9.17) is 0 Å².